The Labute approximate surface area is 87.2 Å². The largest absolute Gasteiger partial charge is 0.459 e. The highest BCUT2D eigenvalue weighted by molar-refractivity contribution is 14.1. The van der Waals surface area contributed by atoms with Crippen LogP contribution in [-0.4, -0.2) is 22.0 Å². The first kappa shape index (κ1) is 12.2. The van der Waals surface area contributed by atoms with E-state index in [0.29, 0.717) is 6.42 Å². The molecule has 0 amide bonds. The van der Waals surface area contributed by atoms with Gasteiger partial charge in [0.25, 0.3) is 0 Å². The molecule has 0 spiro atoms. The fraction of sp³-hybridized carbons (Fsp3) is 0.875. The Morgan fingerprint density at radius 3 is 2.42 bits per heavy atom. The van der Waals surface area contributed by atoms with Gasteiger partial charge >= 0.3 is 5.97 Å². The van der Waals surface area contributed by atoms with Crippen molar-refractivity contribution in [2.75, 3.05) is 4.43 Å². The van der Waals surface area contributed by atoms with E-state index in [-0.39, 0.29) is 5.97 Å². The summed E-state index contributed by atoms with van der Waals surface area (Å²) in [5.74, 6) is -0.306. The normalized spacial score (nSPS) is 14.1. The SMILES string of the molecule is CC(C)(C)OC(=O)[C@H](N)CCI. The van der Waals surface area contributed by atoms with Gasteiger partial charge in [0.1, 0.15) is 11.6 Å². The van der Waals surface area contributed by atoms with Crippen LogP contribution < -0.4 is 5.73 Å². The fourth-order valence-corrected chi connectivity index (χ4v) is 1.28. The molecule has 0 fully saturated rings. The van der Waals surface area contributed by atoms with Crippen molar-refractivity contribution < 1.29 is 9.53 Å². The van der Waals surface area contributed by atoms with E-state index in [2.05, 4.69) is 22.6 Å². The van der Waals surface area contributed by atoms with Gasteiger partial charge in [-0.15, -0.1) is 0 Å². The van der Waals surface area contributed by atoms with Crippen LogP contribution in [0.5, 0.6) is 0 Å². The van der Waals surface area contributed by atoms with E-state index in [1.165, 1.54) is 0 Å². The second-order valence-corrected chi connectivity index (χ2v) is 4.70. The molecule has 0 rings (SSSR count). The second-order valence-electron chi connectivity index (χ2n) is 3.62. The van der Waals surface area contributed by atoms with Crippen LogP contribution >= 0.6 is 22.6 Å². The van der Waals surface area contributed by atoms with Gasteiger partial charge in [0.2, 0.25) is 0 Å². The van der Waals surface area contributed by atoms with E-state index >= 15 is 0 Å². The standard InChI is InChI=1S/C8H16INO2/c1-8(2,3)12-7(11)6(10)4-5-9/h6H,4-5,10H2,1-3H3/t6-/m1/s1. The fourth-order valence-electron chi connectivity index (χ4n) is 0.613. The lowest BCUT2D eigenvalue weighted by atomic mass is 10.2. The Morgan fingerprint density at radius 1 is 1.58 bits per heavy atom. The summed E-state index contributed by atoms with van der Waals surface area (Å²) >= 11 is 2.19. The summed E-state index contributed by atoms with van der Waals surface area (Å²) in [5, 5.41) is 0. The molecule has 0 aliphatic rings. The first-order valence-electron chi connectivity index (χ1n) is 3.91. The molecule has 2 N–H and O–H groups in total. The Hall–Kier alpha value is 0.160. The van der Waals surface area contributed by atoms with Gasteiger partial charge in [0.05, 0.1) is 0 Å². The molecule has 1 atom stereocenters. The summed E-state index contributed by atoms with van der Waals surface area (Å²) in [5.41, 5.74) is 5.12. The average Bonchev–Trinajstić information content (AvgIpc) is 1.84. The molecule has 0 saturated heterocycles. The smallest absolute Gasteiger partial charge is 0.323 e. The molecule has 0 bridgehead atoms. The van der Waals surface area contributed by atoms with E-state index in [0.717, 1.165) is 4.43 Å². The third kappa shape index (κ3) is 5.77. The number of halogens is 1. The molecule has 0 aromatic heterocycles. The van der Waals surface area contributed by atoms with Gasteiger partial charge in [-0.05, 0) is 27.2 Å². The van der Waals surface area contributed by atoms with Crippen molar-refractivity contribution in [3.8, 4) is 0 Å². The van der Waals surface area contributed by atoms with Gasteiger partial charge in [-0.1, -0.05) is 22.6 Å². The molecule has 4 heteroatoms. The van der Waals surface area contributed by atoms with Gasteiger partial charge in [0, 0.05) is 4.43 Å². The number of rotatable bonds is 3. The number of esters is 1. The van der Waals surface area contributed by atoms with Crippen molar-refractivity contribution in [3.63, 3.8) is 0 Å². The van der Waals surface area contributed by atoms with Gasteiger partial charge in [-0.2, -0.15) is 0 Å². The molecule has 0 aliphatic carbocycles. The maximum atomic E-state index is 11.2. The second kappa shape index (κ2) is 5.01. The highest BCUT2D eigenvalue weighted by Gasteiger charge is 2.21. The Kier molecular flexibility index (Phi) is 5.08. The zero-order valence-electron chi connectivity index (χ0n) is 7.76. The summed E-state index contributed by atoms with van der Waals surface area (Å²) in [4.78, 5) is 11.2. The number of hydrogen-bond acceptors (Lipinski definition) is 3. The van der Waals surface area contributed by atoms with Gasteiger partial charge < -0.3 is 10.5 Å². The highest BCUT2D eigenvalue weighted by atomic mass is 127. The van der Waals surface area contributed by atoms with E-state index < -0.39 is 11.6 Å². The predicted octanol–water partition coefficient (Wildman–Crippen LogP) is 1.48. The topological polar surface area (TPSA) is 52.3 Å². The molecule has 0 radical (unpaired) electrons. The zero-order valence-corrected chi connectivity index (χ0v) is 9.92. The van der Waals surface area contributed by atoms with E-state index in [1.54, 1.807) is 0 Å². The van der Waals surface area contributed by atoms with Crippen molar-refractivity contribution in [1.29, 1.82) is 0 Å². The number of nitrogens with two attached hydrogens (primary N) is 1. The van der Waals surface area contributed by atoms with Crippen LogP contribution in [0.3, 0.4) is 0 Å². The highest BCUT2D eigenvalue weighted by Crippen LogP contribution is 2.09. The van der Waals surface area contributed by atoms with Crippen molar-refractivity contribution in [2.45, 2.75) is 38.8 Å². The van der Waals surface area contributed by atoms with Crippen LogP contribution in [0.4, 0.5) is 0 Å². The number of carbonyl (C=O) groups excluding carboxylic acids is 1. The van der Waals surface area contributed by atoms with Crippen molar-refractivity contribution in [3.05, 3.63) is 0 Å². The van der Waals surface area contributed by atoms with Crippen LogP contribution in [0.25, 0.3) is 0 Å². The van der Waals surface area contributed by atoms with Crippen molar-refractivity contribution in [1.82, 2.24) is 0 Å². The maximum Gasteiger partial charge on any atom is 0.323 e. The lowest BCUT2D eigenvalue weighted by Gasteiger charge is -2.21. The molecule has 0 aromatic rings. The quantitative estimate of drug-likeness (QED) is 0.485. The molecule has 0 unspecified atom stereocenters. The van der Waals surface area contributed by atoms with Crippen molar-refractivity contribution in [2.24, 2.45) is 5.73 Å². The molecule has 0 aromatic carbocycles. The minimum Gasteiger partial charge on any atom is -0.459 e. The number of carbonyl (C=O) groups is 1. The minimum absolute atomic E-state index is 0.306. The summed E-state index contributed by atoms with van der Waals surface area (Å²) in [7, 11) is 0. The van der Waals surface area contributed by atoms with E-state index in [1.807, 2.05) is 20.8 Å². The lowest BCUT2D eigenvalue weighted by molar-refractivity contribution is -0.156. The number of ether oxygens (including phenoxy) is 1. The molecule has 12 heavy (non-hydrogen) atoms. The van der Waals surface area contributed by atoms with Crippen LogP contribution in [-0.2, 0) is 9.53 Å². The van der Waals surface area contributed by atoms with Crippen LogP contribution in [0, 0.1) is 0 Å². The molecular formula is C8H16INO2. The summed E-state index contributed by atoms with van der Waals surface area (Å²) < 4.78 is 5.96. The molecule has 0 heterocycles. The van der Waals surface area contributed by atoms with Gasteiger partial charge in [-0.3, -0.25) is 4.79 Å². The van der Waals surface area contributed by atoms with E-state index in [9.17, 15) is 4.79 Å². The van der Waals surface area contributed by atoms with E-state index in [4.69, 9.17) is 10.5 Å². The predicted molar refractivity (Wildman–Crippen MR) is 57.3 cm³/mol. The van der Waals surface area contributed by atoms with Crippen LogP contribution in [0.2, 0.25) is 0 Å². The average molecular weight is 285 g/mol. The first-order chi connectivity index (χ1) is 5.37. The van der Waals surface area contributed by atoms with Crippen molar-refractivity contribution >= 4 is 28.6 Å². The first-order valence-corrected chi connectivity index (χ1v) is 5.44. The molecule has 0 aliphatic heterocycles. The van der Waals surface area contributed by atoms with Gasteiger partial charge in [-0.25, -0.2) is 0 Å². The number of alkyl halides is 1. The Morgan fingerprint density at radius 2 is 2.08 bits per heavy atom. The summed E-state index contributed by atoms with van der Waals surface area (Å²) in [6.07, 6.45) is 0.676. The molecule has 72 valence electrons. The Balaban J connectivity index is 3.87. The monoisotopic (exact) mass is 285 g/mol. The molecular weight excluding hydrogens is 269 g/mol. The lowest BCUT2D eigenvalue weighted by Crippen LogP contribution is -2.37. The minimum atomic E-state index is -0.471. The summed E-state index contributed by atoms with van der Waals surface area (Å²) in [6.45, 7) is 5.50. The zero-order chi connectivity index (χ0) is 9.78. The van der Waals surface area contributed by atoms with Crippen LogP contribution in [0.1, 0.15) is 27.2 Å². The molecule has 3 nitrogen and oxygen atoms in total. The Bertz CT molecular complexity index is 154. The maximum absolute atomic E-state index is 11.2. The summed E-state index contributed by atoms with van der Waals surface area (Å²) in [6, 6.07) is -0.471. The third-order valence-corrected chi connectivity index (χ3v) is 1.75. The third-order valence-electron chi connectivity index (χ3n) is 1.13. The van der Waals surface area contributed by atoms with Gasteiger partial charge in [0.15, 0.2) is 0 Å². The molecule has 0 saturated carbocycles. The number of hydrogen-bond donors (Lipinski definition) is 1. The van der Waals surface area contributed by atoms with Crippen LogP contribution in [0.15, 0.2) is 0 Å².